The molecule has 2 aliphatic heterocycles. The van der Waals surface area contributed by atoms with Crippen LogP contribution < -0.4 is 10.1 Å². The van der Waals surface area contributed by atoms with Crippen LogP contribution in [0.4, 0.5) is 5.69 Å². The molecule has 34 heavy (non-hydrogen) atoms. The lowest BCUT2D eigenvalue weighted by atomic mass is 9.83. The van der Waals surface area contributed by atoms with E-state index in [2.05, 4.69) is 22.1 Å². The Balaban J connectivity index is 1.54. The molecule has 174 valence electrons. The number of aliphatic hydroxyl groups is 1. The topological polar surface area (TPSA) is 91.8 Å². The van der Waals surface area contributed by atoms with E-state index in [0.29, 0.717) is 18.7 Å². The van der Waals surface area contributed by atoms with Crippen LogP contribution in [0.15, 0.2) is 71.9 Å². The number of hydrogen-bond donors (Lipinski definition) is 2. The van der Waals surface area contributed by atoms with Gasteiger partial charge < -0.3 is 15.2 Å². The lowest BCUT2D eigenvalue weighted by molar-refractivity contribution is 0.210. The lowest BCUT2D eigenvalue weighted by Crippen LogP contribution is -2.42. The number of fused-ring (bicyclic) bond motifs is 3. The molecule has 5 rings (SSSR count). The highest BCUT2D eigenvalue weighted by atomic mass is 32.2. The Kier molecular flexibility index (Phi) is 6.00. The van der Waals surface area contributed by atoms with Crippen LogP contribution in [0, 0.1) is 17.8 Å². The van der Waals surface area contributed by atoms with Crippen molar-refractivity contribution in [2.45, 2.75) is 23.4 Å². The average molecular weight is 476 g/mol. The first kappa shape index (κ1) is 22.4. The van der Waals surface area contributed by atoms with Gasteiger partial charge in [0.25, 0.3) is 0 Å². The Hall–Kier alpha value is -3.38. The number of methoxy groups -OCH3 is 1. The van der Waals surface area contributed by atoms with Crippen molar-refractivity contribution in [3.63, 3.8) is 0 Å². The number of aliphatic hydroxyl groups excluding tert-OH is 1. The quantitative estimate of drug-likeness (QED) is 0.564. The van der Waals surface area contributed by atoms with Crippen LogP contribution in [0.2, 0.25) is 0 Å². The molecule has 0 amide bonds. The zero-order valence-electron chi connectivity index (χ0n) is 18.7. The molecular weight excluding hydrogens is 450 g/mol. The molecule has 1 saturated heterocycles. The van der Waals surface area contributed by atoms with E-state index in [1.54, 1.807) is 48.1 Å². The van der Waals surface area contributed by atoms with Gasteiger partial charge in [-0.1, -0.05) is 11.8 Å². The van der Waals surface area contributed by atoms with Crippen LogP contribution in [0.3, 0.4) is 0 Å². The van der Waals surface area contributed by atoms with Crippen molar-refractivity contribution >= 4 is 15.7 Å². The molecule has 2 aliphatic rings. The summed E-state index contributed by atoms with van der Waals surface area (Å²) in [5, 5.41) is 13.4. The third kappa shape index (κ3) is 4.03. The summed E-state index contributed by atoms with van der Waals surface area (Å²) in [6.07, 6.45) is 4.06. The summed E-state index contributed by atoms with van der Waals surface area (Å²) in [6, 6.07) is 15.3. The molecule has 2 aromatic carbocycles. The molecule has 3 atom stereocenters. The minimum Gasteiger partial charge on any atom is -0.497 e. The fraction of sp³-hybridized carbons (Fsp3) is 0.269. The third-order valence-corrected chi connectivity index (χ3v) is 8.40. The predicted molar refractivity (Wildman–Crippen MR) is 129 cm³/mol. The molecule has 2 N–H and O–H groups in total. The van der Waals surface area contributed by atoms with Gasteiger partial charge in [0, 0.05) is 41.7 Å². The van der Waals surface area contributed by atoms with Gasteiger partial charge in [-0.2, -0.15) is 4.31 Å². The van der Waals surface area contributed by atoms with Crippen molar-refractivity contribution in [1.82, 2.24) is 9.29 Å². The molecule has 7 nitrogen and oxygen atoms in total. The zero-order chi connectivity index (χ0) is 23.7. The SMILES string of the molecule is COc1ccc(S(=O)(=O)N2CC[C@@H]3[C@H](CO)Nc4ccc(C#Cc5cccnc5)cc4[C@@H]32)cc1. The van der Waals surface area contributed by atoms with Crippen molar-refractivity contribution < 1.29 is 18.3 Å². The molecule has 0 saturated carbocycles. The van der Waals surface area contributed by atoms with Gasteiger partial charge in [0.05, 0.1) is 30.7 Å². The fourth-order valence-corrected chi connectivity index (χ4v) is 6.50. The summed E-state index contributed by atoms with van der Waals surface area (Å²) in [4.78, 5) is 4.31. The maximum atomic E-state index is 13.7. The normalized spacial score (nSPS) is 21.5. The van der Waals surface area contributed by atoms with Crippen LogP contribution in [-0.4, -0.2) is 49.1 Å². The van der Waals surface area contributed by atoms with Crippen molar-refractivity contribution in [3.8, 4) is 17.6 Å². The van der Waals surface area contributed by atoms with Gasteiger partial charge in [-0.15, -0.1) is 0 Å². The minimum atomic E-state index is -3.75. The van der Waals surface area contributed by atoms with Crippen molar-refractivity contribution in [2.75, 3.05) is 25.6 Å². The van der Waals surface area contributed by atoms with Crippen LogP contribution in [-0.2, 0) is 10.0 Å². The Bertz CT molecular complexity index is 1350. The van der Waals surface area contributed by atoms with Crippen LogP contribution in [0.5, 0.6) is 5.75 Å². The third-order valence-electron chi connectivity index (χ3n) is 6.50. The maximum absolute atomic E-state index is 13.7. The van der Waals surface area contributed by atoms with Gasteiger partial charge in [-0.3, -0.25) is 4.98 Å². The van der Waals surface area contributed by atoms with Gasteiger partial charge in [0.15, 0.2) is 0 Å². The Morgan fingerprint density at radius 1 is 1.15 bits per heavy atom. The average Bonchev–Trinajstić information content (AvgIpc) is 3.34. The molecule has 0 bridgehead atoms. The number of nitrogens with zero attached hydrogens (tertiary/aromatic N) is 2. The van der Waals surface area contributed by atoms with E-state index in [1.807, 2.05) is 30.3 Å². The monoisotopic (exact) mass is 475 g/mol. The highest BCUT2D eigenvalue weighted by Gasteiger charge is 2.48. The second-order valence-electron chi connectivity index (χ2n) is 8.42. The number of hydrogen-bond acceptors (Lipinski definition) is 6. The van der Waals surface area contributed by atoms with E-state index < -0.39 is 10.0 Å². The summed E-state index contributed by atoms with van der Waals surface area (Å²) < 4.78 is 34.1. The first-order valence-corrected chi connectivity index (χ1v) is 12.5. The van der Waals surface area contributed by atoms with E-state index in [1.165, 1.54) is 0 Å². The van der Waals surface area contributed by atoms with Gasteiger partial charge >= 0.3 is 0 Å². The Morgan fingerprint density at radius 3 is 2.65 bits per heavy atom. The van der Waals surface area contributed by atoms with Crippen molar-refractivity contribution in [3.05, 3.63) is 83.7 Å². The number of benzene rings is 2. The van der Waals surface area contributed by atoms with E-state index in [9.17, 15) is 13.5 Å². The number of pyridine rings is 1. The Morgan fingerprint density at radius 2 is 1.94 bits per heavy atom. The molecule has 0 spiro atoms. The number of aromatic nitrogens is 1. The Labute approximate surface area is 199 Å². The number of nitrogens with one attached hydrogen (secondary N) is 1. The summed E-state index contributed by atoms with van der Waals surface area (Å²) >= 11 is 0. The van der Waals surface area contributed by atoms with E-state index >= 15 is 0 Å². The summed E-state index contributed by atoms with van der Waals surface area (Å²) in [5.74, 6) is 6.82. The molecule has 8 heteroatoms. The van der Waals surface area contributed by atoms with Crippen molar-refractivity contribution in [1.29, 1.82) is 0 Å². The largest absolute Gasteiger partial charge is 0.497 e. The highest BCUT2D eigenvalue weighted by Crippen LogP contribution is 2.48. The summed E-state index contributed by atoms with van der Waals surface area (Å²) in [7, 11) is -2.21. The van der Waals surface area contributed by atoms with Gasteiger partial charge in [0.2, 0.25) is 10.0 Å². The zero-order valence-corrected chi connectivity index (χ0v) is 19.5. The van der Waals surface area contributed by atoms with Crippen LogP contribution in [0.25, 0.3) is 0 Å². The molecule has 3 heterocycles. The molecule has 3 aromatic rings. The standard InChI is InChI=1S/C26H25N3O4S/c1-33-20-7-9-21(10-8-20)34(31,32)29-14-12-22-25(17-30)28-24-11-6-18(15-23(24)26(22)29)4-5-19-3-2-13-27-16-19/h2-3,6-11,13,15-16,22,25-26,28,30H,12,14,17H2,1H3/t22-,25+,26-/m1/s1. The number of anilines is 1. The van der Waals surface area contributed by atoms with E-state index in [4.69, 9.17) is 4.74 Å². The van der Waals surface area contributed by atoms with Gasteiger partial charge in [-0.25, -0.2) is 8.42 Å². The first-order chi connectivity index (χ1) is 16.5. The van der Waals surface area contributed by atoms with Crippen LogP contribution in [0.1, 0.15) is 29.2 Å². The van der Waals surface area contributed by atoms with Gasteiger partial charge in [0.1, 0.15) is 5.75 Å². The first-order valence-electron chi connectivity index (χ1n) is 11.1. The van der Waals surface area contributed by atoms with E-state index in [0.717, 1.165) is 22.4 Å². The second-order valence-corrected chi connectivity index (χ2v) is 10.3. The molecule has 1 aromatic heterocycles. The van der Waals surface area contributed by atoms with E-state index in [-0.39, 0.29) is 29.5 Å². The molecule has 0 radical (unpaired) electrons. The smallest absolute Gasteiger partial charge is 0.243 e. The summed E-state index contributed by atoms with van der Waals surface area (Å²) in [6.45, 7) is 0.312. The number of sulfonamides is 1. The number of ether oxygens (including phenoxy) is 1. The number of rotatable bonds is 4. The van der Waals surface area contributed by atoms with Gasteiger partial charge in [-0.05, 0) is 66.6 Å². The molecular formula is C26H25N3O4S. The molecule has 1 fully saturated rings. The van der Waals surface area contributed by atoms with Crippen LogP contribution >= 0.6 is 0 Å². The van der Waals surface area contributed by atoms with Crippen molar-refractivity contribution in [2.24, 2.45) is 5.92 Å². The molecule has 0 unspecified atom stereocenters. The molecule has 0 aliphatic carbocycles. The summed E-state index contributed by atoms with van der Waals surface area (Å²) in [5.41, 5.74) is 3.30. The maximum Gasteiger partial charge on any atom is 0.243 e. The lowest BCUT2D eigenvalue weighted by Gasteiger charge is -2.38. The second kappa shape index (κ2) is 9.11. The fourth-order valence-electron chi connectivity index (χ4n) is 4.83. The highest BCUT2D eigenvalue weighted by molar-refractivity contribution is 7.89. The predicted octanol–water partition coefficient (Wildman–Crippen LogP) is 3.03. The minimum absolute atomic E-state index is 0.0490.